The first-order valence-corrected chi connectivity index (χ1v) is 6.00. The van der Waals surface area contributed by atoms with Gasteiger partial charge in [-0.05, 0) is 0 Å². The summed E-state index contributed by atoms with van der Waals surface area (Å²) in [4.78, 5) is 0. The zero-order chi connectivity index (χ0) is 11.7. The van der Waals surface area contributed by atoms with Gasteiger partial charge in [-0.25, -0.2) is 24.1 Å². The summed E-state index contributed by atoms with van der Waals surface area (Å²) < 4.78 is 79.7. The van der Waals surface area contributed by atoms with Gasteiger partial charge in [-0.1, -0.05) is 0 Å². The second-order valence-corrected chi connectivity index (χ2v) is 3.67. The monoisotopic (exact) mass is 602 g/mol. The summed E-state index contributed by atoms with van der Waals surface area (Å²) in [5, 5.41) is 0. The molecule has 0 spiro atoms. The van der Waals surface area contributed by atoms with E-state index in [9.17, 15) is 35.0 Å². The van der Waals surface area contributed by atoms with E-state index in [-0.39, 0.29) is 177 Å². The minimum atomic E-state index is -2.96. The van der Waals surface area contributed by atoms with E-state index >= 15 is 0 Å². The summed E-state index contributed by atoms with van der Waals surface area (Å²) >= 11 is -11.8. The topological polar surface area (TPSA) is 179 Å². The van der Waals surface area contributed by atoms with Crippen molar-refractivity contribution < 1.29 is 219 Å². The Morgan fingerprint density at radius 1 is 0.556 bits per heavy atom. The zero-order valence-corrected chi connectivity index (χ0v) is 23.8. The second-order valence-electron chi connectivity index (χ2n) is 0.953. The van der Waals surface area contributed by atoms with Gasteiger partial charge in [0.05, 0.1) is 45.4 Å². The molecular weight excluding hydrogens is 603 g/mol. The van der Waals surface area contributed by atoms with Gasteiger partial charge in [-0.3, -0.25) is 0 Å². The summed E-state index contributed by atoms with van der Waals surface area (Å²) in [5.74, 6) is 0. The van der Waals surface area contributed by atoms with Gasteiger partial charge < -0.3 is 18.2 Å². The van der Waals surface area contributed by atoms with Crippen LogP contribution < -0.4 is 154 Å². The molecule has 18 heavy (non-hydrogen) atoms. The Balaban J connectivity index is -0.0000000327. The molecule has 0 radical (unpaired) electrons. The second kappa shape index (κ2) is 27.8. The Labute approximate surface area is 256 Å². The fourth-order valence-corrected chi connectivity index (χ4v) is 0.816. The van der Waals surface area contributed by atoms with Crippen LogP contribution in [0, 0.1) is 0 Å². The van der Waals surface area contributed by atoms with Gasteiger partial charge in [-0.2, -0.15) is 0 Å². The van der Waals surface area contributed by atoms with Crippen LogP contribution in [0.25, 0.3) is 0 Å². The summed E-state index contributed by atoms with van der Waals surface area (Å²) in [6.45, 7) is 0. The van der Waals surface area contributed by atoms with E-state index < -0.39 is 45.4 Å². The van der Waals surface area contributed by atoms with Crippen LogP contribution in [0.5, 0.6) is 0 Å². The predicted octanol–water partition coefficient (Wildman–Crippen LogP) is -11.8. The minimum absolute atomic E-state index is 0. The third kappa shape index (κ3) is 49.5. The fourth-order valence-electron chi connectivity index (χ4n) is 0.0907. The maximum Gasteiger partial charge on any atom is 1.00 e. The molecule has 0 N–H and O–H groups in total. The van der Waals surface area contributed by atoms with E-state index in [4.69, 9.17) is 0 Å². The van der Waals surface area contributed by atoms with Crippen molar-refractivity contribution in [2.45, 2.75) is 0 Å². The third-order valence-corrected chi connectivity index (χ3v) is 2.00. The van der Waals surface area contributed by atoms with Gasteiger partial charge in [-0.15, -0.1) is 0 Å². The zero-order valence-electron chi connectivity index (χ0n) is 9.02. The van der Waals surface area contributed by atoms with Crippen molar-refractivity contribution in [1.29, 1.82) is 0 Å². The van der Waals surface area contributed by atoms with E-state index in [2.05, 4.69) is 7.26 Å². The third-order valence-electron chi connectivity index (χ3n) is 0.222. The number of hydrogen-bond acceptors (Lipinski definition) is 10. The largest absolute Gasteiger partial charge is 1.00 e. The molecule has 0 bridgehead atoms. The van der Waals surface area contributed by atoms with Crippen LogP contribution in [0.3, 0.4) is 0 Å². The molecule has 98 valence electrons. The fraction of sp³-hybridized carbons (Fsp3) is 0. The summed E-state index contributed by atoms with van der Waals surface area (Å²) in [6, 6.07) is 0. The Kier molecular flexibility index (Phi) is 60.6. The SMILES string of the molecule is O=S([O-])OS(=O)[O-].O=S([O-])OS(=O)[O-].[Au+].[K+].[K+].[K+]. The molecule has 0 saturated carbocycles. The molecule has 0 fully saturated rings. The van der Waals surface area contributed by atoms with Crippen molar-refractivity contribution >= 4 is 45.4 Å². The standard InChI is InChI=1S/Au.3K.2H2O5S2/c;;;;2*1-6(2)5-7(3)4/h;;;;2*(H,1,2)(H,3,4)/q4*+1;;/p-4. The first kappa shape index (κ1) is 39.2. The van der Waals surface area contributed by atoms with E-state index in [1.807, 2.05) is 0 Å². The van der Waals surface area contributed by atoms with Crippen molar-refractivity contribution in [2.75, 3.05) is 0 Å². The summed E-state index contributed by atoms with van der Waals surface area (Å²) in [7, 11) is 0. The molecule has 0 aromatic rings. The van der Waals surface area contributed by atoms with E-state index in [1.54, 1.807) is 0 Å². The first-order valence-electron chi connectivity index (χ1n) is 2.00. The van der Waals surface area contributed by atoms with E-state index in [0.717, 1.165) is 0 Å². The molecule has 0 aliphatic rings. The van der Waals surface area contributed by atoms with Crippen molar-refractivity contribution in [3.63, 3.8) is 0 Å². The Morgan fingerprint density at radius 2 is 0.667 bits per heavy atom. The van der Waals surface area contributed by atoms with Crippen LogP contribution in [0.15, 0.2) is 0 Å². The molecule has 0 amide bonds. The average Bonchev–Trinajstić information content (AvgIpc) is 1.79. The Hall–Kier alpha value is 6.01. The predicted molar refractivity (Wildman–Crippen MR) is 37.8 cm³/mol. The van der Waals surface area contributed by atoms with Crippen molar-refractivity contribution in [3.8, 4) is 0 Å². The Morgan fingerprint density at radius 3 is 0.667 bits per heavy atom. The van der Waals surface area contributed by atoms with Gasteiger partial charge in [0.25, 0.3) is 0 Å². The molecule has 0 aromatic heterocycles. The van der Waals surface area contributed by atoms with E-state index in [0.29, 0.717) is 0 Å². The Bertz CT molecular complexity index is 208. The summed E-state index contributed by atoms with van der Waals surface area (Å²) in [5.41, 5.74) is 0. The maximum absolute atomic E-state index is 9.19. The van der Waals surface area contributed by atoms with Gasteiger partial charge in [0.1, 0.15) is 0 Å². The average molecular weight is 603 g/mol. The van der Waals surface area contributed by atoms with Crippen LogP contribution >= 0.6 is 0 Å². The van der Waals surface area contributed by atoms with Gasteiger partial charge >= 0.3 is 177 Å². The van der Waals surface area contributed by atoms with Crippen LogP contribution in [-0.4, -0.2) is 35.0 Å². The van der Waals surface area contributed by atoms with Gasteiger partial charge in [0, 0.05) is 0 Å². The van der Waals surface area contributed by atoms with Crippen molar-refractivity contribution in [2.24, 2.45) is 0 Å². The number of rotatable bonds is 4. The molecule has 18 heteroatoms. The molecule has 0 aromatic carbocycles. The van der Waals surface area contributed by atoms with Crippen LogP contribution in [0.1, 0.15) is 0 Å². The molecule has 0 aliphatic carbocycles. The van der Waals surface area contributed by atoms with E-state index in [1.165, 1.54) is 0 Å². The smallest absolute Gasteiger partial charge is 0.749 e. The van der Waals surface area contributed by atoms with Crippen molar-refractivity contribution in [1.82, 2.24) is 0 Å². The maximum atomic E-state index is 9.19. The molecule has 0 heterocycles. The van der Waals surface area contributed by atoms with Crippen LogP contribution in [0.2, 0.25) is 0 Å². The molecule has 0 atom stereocenters. The van der Waals surface area contributed by atoms with Gasteiger partial charge in [0.15, 0.2) is 0 Å². The minimum Gasteiger partial charge on any atom is -0.749 e. The summed E-state index contributed by atoms with van der Waals surface area (Å²) in [6.07, 6.45) is 0. The molecule has 0 unspecified atom stereocenters. The quantitative estimate of drug-likeness (QED) is 0.222. The molecule has 0 aliphatic heterocycles. The molecule has 10 nitrogen and oxygen atoms in total. The molecular formula is AuK3O10S4. The molecule has 0 rings (SSSR count). The van der Waals surface area contributed by atoms with Crippen LogP contribution in [-0.2, 0) is 75.1 Å². The molecule has 0 saturated heterocycles. The van der Waals surface area contributed by atoms with Crippen LogP contribution in [0.4, 0.5) is 0 Å². The van der Waals surface area contributed by atoms with Crippen molar-refractivity contribution in [3.05, 3.63) is 0 Å². The number of hydrogen-bond donors (Lipinski definition) is 0. The van der Waals surface area contributed by atoms with Gasteiger partial charge in [0.2, 0.25) is 0 Å². The normalized spacial score (nSPS) is 14.4. The first-order chi connectivity index (χ1) is 6.25.